The highest BCUT2D eigenvalue weighted by Crippen LogP contribution is 2.43. The summed E-state index contributed by atoms with van der Waals surface area (Å²) >= 11 is 2.05. The van der Waals surface area contributed by atoms with Crippen molar-refractivity contribution in [2.24, 2.45) is 5.92 Å². The summed E-state index contributed by atoms with van der Waals surface area (Å²) in [5, 5.41) is 6.36. The number of hydrogen-bond donors (Lipinski definition) is 1. The Hall–Kier alpha value is -0.930. The third kappa shape index (κ3) is 2.38. The summed E-state index contributed by atoms with van der Waals surface area (Å²) in [5.74, 6) is 2.59. The molecule has 1 unspecified atom stereocenters. The summed E-state index contributed by atoms with van der Waals surface area (Å²) in [4.78, 5) is 0. The number of likely N-dealkylation sites (N-methyl/N-ethyl adjacent to an activating group) is 1. The normalized spacial score (nSPS) is 18.7. The number of para-hydroxylation sites is 1. The van der Waals surface area contributed by atoms with Gasteiger partial charge in [-0.3, -0.25) is 0 Å². The van der Waals surface area contributed by atoms with Crippen molar-refractivity contribution in [1.82, 2.24) is 9.88 Å². The molecule has 1 aliphatic rings. The van der Waals surface area contributed by atoms with Crippen LogP contribution in [0.25, 0.3) is 10.9 Å². The van der Waals surface area contributed by atoms with Crippen LogP contribution in [0.2, 0.25) is 0 Å². The van der Waals surface area contributed by atoms with E-state index in [0.717, 1.165) is 13.1 Å². The van der Waals surface area contributed by atoms with Crippen molar-refractivity contribution < 1.29 is 0 Å². The van der Waals surface area contributed by atoms with Crippen LogP contribution in [-0.4, -0.2) is 23.9 Å². The zero-order chi connectivity index (χ0) is 14.1. The monoisotopic (exact) mass is 288 g/mol. The van der Waals surface area contributed by atoms with Crippen LogP contribution in [0.4, 0.5) is 0 Å². The second-order valence-corrected chi connectivity index (χ2v) is 7.22. The van der Waals surface area contributed by atoms with Crippen LogP contribution in [0, 0.1) is 5.92 Å². The van der Waals surface area contributed by atoms with Gasteiger partial charge >= 0.3 is 0 Å². The molecule has 1 aliphatic heterocycles. The molecule has 0 amide bonds. The van der Waals surface area contributed by atoms with Gasteiger partial charge in [-0.1, -0.05) is 32.0 Å². The summed E-state index contributed by atoms with van der Waals surface area (Å²) in [7, 11) is 2.06. The zero-order valence-electron chi connectivity index (χ0n) is 12.6. The lowest BCUT2D eigenvalue weighted by Gasteiger charge is -2.24. The van der Waals surface area contributed by atoms with Crippen LogP contribution in [0.15, 0.2) is 29.3 Å². The Morgan fingerprint density at radius 2 is 2.15 bits per heavy atom. The molecule has 3 heteroatoms. The van der Waals surface area contributed by atoms with Gasteiger partial charge in [-0.25, -0.2) is 0 Å². The predicted octanol–water partition coefficient (Wildman–Crippen LogP) is 4.10. The minimum atomic E-state index is 0.662. The van der Waals surface area contributed by atoms with Gasteiger partial charge in [0.1, 0.15) is 0 Å². The van der Waals surface area contributed by atoms with E-state index in [9.17, 15) is 0 Å². The van der Waals surface area contributed by atoms with Crippen LogP contribution >= 0.6 is 11.8 Å². The van der Waals surface area contributed by atoms with E-state index in [0.29, 0.717) is 11.8 Å². The lowest BCUT2D eigenvalue weighted by Crippen LogP contribution is -2.21. The fraction of sp³-hybridized carbons (Fsp3) is 0.529. The molecule has 1 atom stereocenters. The van der Waals surface area contributed by atoms with Crippen molar-refractivity contribution in [3.63, 3.8) is 0 Å². The Morgan fingerprint density at radius 3 is 2.90 bits per heavy atom. The van der Waals surface area contributed by atoms with Crippen LogP contribution in [-0.2, 0) is 6.54 Å². The molecule has 20 heavy (non-hydrogen) atoms. The summed E-state index contributed by atoms with van der Waals surface area (Å²) in [6, 6.07) is 8.94. The van der Waals surface area contributed by atoms with Crippen molar-refractivity contribution in [3.8, 4) is 0 Å². The van der Waals surface area contributed by atoms with Gasteiger partial charge in [0.05, 0.1) is 5.03 Å². The molecule has 0 saturated carbocycles. The fourth-order valence-corrected chi connectivity index (χ4v) is 4.65. The first-order valence-corrected chi connectivity index (χ1v) is 8.59. The third-order valence-corrected chi connectivity index (χ3v) is 5.23. The molecule has 1 N–H and O–H groups in total. The van der Waals surface area contributed by atoms with E-state index in [1.807, 2.05) is 11.8 Å². The molecular formula is C17H24N2S. The minimum absolute atomic E-state index is 0.662. The molecule has 3 rings (SSSR count). The maximum Gasteiger partial charge on any atom is 0.0795 e. The molecule has 0 aliphatic carbocycles. The Labute approximate surface area is 125 Å². The summed E-state index contributed by atoms with van der Waals surface area (Å²) in [6.07, 6.45) is 1.29. The maximum absolute atomic E-state index is 3.37. The molecule has 0 radical (unpaired) electrons. The van der Waals surface area contributed by atoms with Crippen molar-refractivity contribution >= 4 is 22.7 Å². The van der Waals surface area contributed by atoms with Crippen LogP contribution in [0.5, 0.6) is 0 Å². The highest BCUT2D eigenvalue weighted by molar-refractivity contribution is 7.99. The number of hydrogen-bond acceptors (Lipinski definition) is 2. The molecule has 0 fully saturated rings. The van der Waals surface area contributed by atoms with Crippen LogP contribution < -0.4 is 5.32 Å². The maximum atomic E-state index is 3.37. The molecule has 0 spiro atoms. The summed E-state index contributed by atoms with van der Waals surface area (Å²) < 4.78 is 2.56. The average Bonchev–Trinajstić information content (AvgIpc) is 2.75. The zero-order valence-corrected chi connectivity index (χ0v) is 13.5. The van der Waals surface area contributed by atoms with Gasteiger partial charge in [-0.2, -0.15) is 0 Å². The van der Waals surface area contributed by atoms with E-state index in [2.05, 4.69) is 55.0 Å². The molecule has 0 saturated heterocycles. The number of thioether (sulfide) groups is 1. The second-order valence-electron chi connectivity index (χ2n) is 6.13. The molecule has 108 valence electrons. The number of benzene rings is 1. The molecule has 2 nitrogen and oxygen atoms in total. The van der Waals surface area contributed by atoms with Gasteiger partial charge in [0.2, 0.25) is 0 Å². The first-order valence-electron chi connectivity index (χ1n) is 7.61. The molecule has 2 heterocycles. The van der Waals surface area contributed by atoms with E-state index < -0.39 is 0 Å². The minimum Gasteiger partial charge on any atom is -0.335 e. The van der Waals surface area contributed by atoms with Gasteiger partial charge in [0, 0.05) is 35.7 Å². The summed E-state index contributed by atoms with van der Waals surface area (Å²) in [5.41, 5.74) is 3.01. The number of fused-ring (bicyclic) bond motifs is 3. The van der Waals surface area contributed by atoms with E-state index >= 15 is 0 Å². The molecule has 1 aromatic carbocycles. The van der Waals surface area contributed by atoms with Gasteiger partial charge in [-0.15, -0.1) is 11.8 Å². The third-order valence-electron chi connectivity index (χ3n) is 4.07. The largest absolute Gasteiger partial charge is 0.335 e. The Balaban J connectivity index is 2.19. The van der Waals surface area contributed by atoms with Gasteiger partial charge in [0.15, 0.2) is 0 Å². The highest BCUT2D eigenvalue weighted by atomic mass is 32.2. The molecular weight excluding hydrogens is 264 g/mol. The van der Waals surface area contributed by atoms with Gasteiger partial charge in [0.25, 0.3) is 0 Å². The van der Waals surface area contributed by atoms with Crippen molar-refractivity contribution in [3.05, 3.63) is 29.8 Å². The molecule has 0 bridgehead atoms. The second kappa shape index (κ2) is 5.82. The Kier molecular flexibility index (Phi) is 4.08. The van der Waals surface area contributed by atoms with Gasteiger partial charge < -0.3 is 9.88 Å². The highest BCUT2D eigenvalue weighted by Gasteiger charge is 2.27. The van der Waals surface area contributed by atoms with Crippen molar-refractivity contribution in [2.75, 3.05) is 19.3 Å². The van der Waals surface area contributed by atoms with E-state index in [1.54, 1.807) is 5.56 Å². The van der Waals surface area contributed by atoms with E-state index in [1.165, 1.54) is 28.1 Å². The standard InChI is InChI=1S/C17H24N2S/c1-12(2)11-19-15-7-5-4-6-14(15)16-13(10-18-3)8-9-20-17(16)19/h4-7,12-13,18H,8-11H2,1-3H3. The molecule has 2 aromatic rings. The first-order chi connectivity index (χ1) is 9.72. The number of aromatic nitrogens is 1. The topological polar surface area (TPSA) is 17.0 Å². The van der Waals surface area contributed by atoms with Crippen molar-refractivity contribution in [1.29, 1.82) is 0 Å². The van der Waals surface area contributed by atoms with E-state index in [-0.39, 0.29) is 0 Å². The predicted molar refractivity (Wildman–Crippen MR) is 88.8 cm³/mol. The lowest BCUT2D eigenvalue weighted by molar-refractivity contribution is 0.500. The number of nitrogens with one attached hydrogen (secondary N) is 1. The summed E-state index contributed by atoms with van der Waals surface area (Å²) in [6.45, 7) is 6.82. The Bertz CT molecular complexity index is 600. The smallest absolute Gasteiger partial charge is 0.0795 e. The molecule has 1 aromatic heterocycles. The number of rotatable bonds is 4. The van der Waals surface area contributed by atoms with Crippen LogP contribution in [0.3, 0.4) is 0 Å². The lowest BCUT2D eigenvalue weighted by atomic mass is 9.95. The number of nitrogens with zero attached hydrogens (tertiary/aromatic N) is 1. The van der Waals surface area contributed by atoms with E-state index in [4.69, 9.17) is 0 Å². The van der Waals surface area contributed by atoms with Gasteiger partial charge in [-0.05, 0) is 31.0 Å². The van der Waals surface area contributed by atoms with Crippen molar-refractivity contribution in [2.45, 2.75) is 37.8 Å². The SMILES string of the molecule is CNCC1CCSc2c1c1ccccc1n2CC(C)C. The first kappa shape index (κ1) is 14.0. The fourth-order valence-electron chi connectivity index (χ4n) is 3.30. The van der Waals surface area contributed by atoms with Crippen LogP contribution in [0.1, 0.15) is 31.7 Å². The quantitative estimate of drug-likeness (QED) is 0.912. The average molecular weight is 288 g/mol. The Morgan fingerprint density at radius 1 is 1.35 bits per heavy atom.